The topological polar surface area (TPSA) is 29.5 Å². The highest BCUT2D eigenvalue weighted by Gasteiger charge is 2.44. The van der Waals surface area contributed by atoms with E-state index in [2.05, 4.69) is 4.90 Å². The average Bonchev–Trinajstić information content (AvgIpc) is 2.88. The van der Waals surface area contributed by atoms with Gasteiger partial charge in [-0.2, -0.15) is 0 Å². The van der Waals surface area contributed by atoms with Gasteiger partial charge in [-0.25, -0.2) is 0 Å². The third-order valence-corrected chi connectivity index (χ3v) is 5.07. The van der Waals surface area contributed by atoms with Crippen LogP contribution >= 0.6 is 0 Å². The zero-order valence-corrected chi connectivity index (χ0v) is 13.1. The molecule has 2 aliphatic heterocycles. The van der Waals surface area contributed by atoms with Crippen LogP contribution in [0.15, 0.2) is 60.7 Å². The van der Waals surface area contributed by atoms with Crippen molar-refractivity contribution in [1.82, 2.24) is 4.90 Å². The fraction of sp³-hybridized carbons (Fsp3) is 0.350. The highest BCUT2D eigenvalue weighted by Crippen LogP contribution is 2.36. The molecule has 2 aromatic carbocycles. The van der Waals surface area contributed by atoms with Crippen LogP contribution < -0.4 is 0 Å². The second-order valence-corrected chi connectivity index (χ2v) is 6.41. The van der Waals surface area contributed by atoms with Crippen LogP contribution in [0.25, 0.3) is 0 Å². The lowest BCUT2D eigenvalue weighted by Crippen LogP contribution is -2.50. The normalized spacial score (nSPS) is 23.3. The largest absolute Gasteiger partial charge is 0.451 e. The van der Waals surface area contributed by atoms with Crippen molar-refractivity contribution in [3.05, 3.63) is 71.8 Å². The van der Waals surface area contributed by atoms with Crippen molar-refractivity contribution in [1.29, 1.82) is 0 Å². The maximum Gasteiger partial charge on any atom is 0.324 e. The molecule has 2 unspecified atom stereocenters. The lowest BCUT2D eigenvalue weighted by atomic mass is 10.0. The first-order valence-corrected chi connectivity index (χ1v) is 8.39. The first-order chi connectivity index (χ1) is 11.3. The minimum absolute atomic E-state index is 0.0522. The van der Waals surface area contributed by atoms with Gasteiger partial charge in [0.05, 0.1) is 0 Å². The molecule has 4 rings (SSSR count). The molecule has 2 atom stereocenters. The van der Waals surface area contributed by atoms with Gasteiger partial charge >= 0.3 is 5.97 Å². The highest BCUT2D eigenvalue weighted by atomic mass is 16.5. The van der Waals surface area contributed by atoms with Gasteiger partial charge in [0.1, 0.15) is 6.04 Å². The molecule has 0 N–H and O–H groups in total. The summed E-state index contributed by atoms with van der Waals surface area (Å²) in [5, 5.41) is 0. The van der Waals surface area contributed by atoms with Crippen LogP contribution in [-0.2, 0) is 9.53 Å². The second-order valence-electron chi connectivity index (χ2n) is 6.41. The van der Waals surface area contributed by atoms with E-state index in [9.17, 15) is 4.79 Å². The smallest absolute Gasteiger partial charge is 0.324 e. The quantitative estimate of drug-likeness (QED) is 0.809. The molecule has 0 spiro atoms. The Balaban J connectivity index is 1.57. The van der Waals surface area contributed by atoms with E-state index in [0.717, 1.165) is 30.5 Å². The van der Waals surface area contributed by atoms with Crippen LogP contribution in [0.3, 0.4) is 0 Å². The SMILES string of the molecule is O=C(OC(c1ccccc1)c1ccccc1)C1CCC2CCN21. The third kappa shape index (κ3) is 2.77. The molecule has 2 saturated heterocycles. The van der Waals surface area contributed by atoms with E-state index in [1.165, 1.54) is 6.42 Å². The van der Waals surface area contributed by atoms with Gasteiger partial charge in [-0.15, -0.1) is 0 Å². The van der Waals surface area contributed by atoms with Gasteiger partial charge in [-0.05, 0) is 30.4 Å². The van der Waals surface area contributed by atoms with Gasteiger partial charge in [0.2, 0.25) is 0 Å². The molecule has 2 aliphatic rings. The monoisotopic (exact) mass is 307 g/mol. The van der Waals surface area contributed by atoms with Crippen LogP contribution in [0.5, 0.6) is 0 Å². The van der Waals surface area contributed by atoms with Crippen molar-refractivity contribution in [2.45, 2.75) is 37.5 Å². The third-order valence-electron chi connectivity index (χ3n) is 5.07. The predicted octanol–water partition coefficient (Wildman–Crippen LogP) is 3.56. The maximum atomic E-state index is 12.7. The van der Waals surface area contributed by atoms with Gasteiger partial charge < -0.3 is 4.74 Å². The number of hydrogen-bond donors (Lipinski definition) is 0. The van der Waals surface area contributed by atoms with E-state index < -0.39 is 0 Å². The summed E-state index contributed by atoms with van der Waals surface area (Å²) < 4.78 is 5.98. The summed E-state index contributed by atoms with van der Waals surface area (Å²) in [5.41, 5.74) is 2.04. The Bertz CT molecular complexity index is 631. The maximum absolute atomic E-state index is 12.7. The Hall–Kier alpha value is -2.13. The molecule has 3 nitrogen and oxygen atoms in total. The lowest BCUT2D eigenvalue weighted by molar-refractivity contribution is -0.155. The number of fused-ring (bicyclic) bond motifs is 1. The number of nitrogens with zero attached hydrogens (tertiary/aromatic N) is 1. The zero-order valence-electron chi connectivity index (χ0n) is 13.1. The lowest BCUT2D eigenvalue weighted by Gasteiger charge is -2.38. The fourth-order valence-corrected chi connectivity index (χ4v) is 3.73. The summed E-state index contributed by atoms with van der Waals surface area (Å²) in [4.78, 5) is 15.0. The molecule has 3 heteroatoms. The van der Waals surface area contributed by atoms with Gasteiger partial charge in [-0.3, -0.25) is 9.69 Å². The molecule has 2 fully saturated rings. The molecule has 0 saturated carbocycles. The number of rotatable bonds is 4. The predicted molar refractivity (Wildman–Crippen MR) is 89.0 cm³/mol. The number of benzene rings is 2. The van der Waals surface area contributed by atoms with Gasteiger partial charge in [0, 0.05) is 12.6 Å². The van der Waals surface area contributed by atoms with E-state index in [1.807, 2.05) is 60.7 Å². The minimum Gasteiger partial charge on any atom is -0.451 e. The van der Waals surface area contributed by atoms with Crippen LogP contribution in [0.4, 0.5) is 0 Å². The first-order valence-electron chi connectivity index (χ1n) is 8.39. The molecule has 2 aromatic rings. The van der Waals surface area contributed by atoms with E-state index in [4.69, 9.17) is 4.74 Å². The summed E-state index contributed by atoms with van der Waals surface area (Å²) in [6, 6.07) is 20.5. The number of carbonyl (C=O) groups excluding carboxylic acids is 1. The van der Waals surface area contributed by atoms with Crippen molar-refractivity contribution in [3.8, 4) is 0 Å². The van der Waals surface area contributed by atoms with Crippen LogP contribution in [-0.4, -0.2) is 29.5 Å². The van der Waals surface area contributed by atoms with Crippen molar-refractivity contribution < 1.29 is 9.53 Å². The Morgan fingerprint density at radius 1 is 0.913 bits per heavy atom. The molecule has 118 valence electrons. The van der Waals surface area contributed by atoms with E-state index in [-0.39, 0.29) is 18.1 Å². The van der Waals surface area contributed by atoms with Crippen LogP contribution in [0.2, 0.25) is 0 Å². The molecular formula is C20H21NO2. The zero-order chi connectivity index (χ0) is 15.6. The first kappa shape index (κ1) is 14.5. The molecule has 0 radical (unpaired) electrons. The molecule has 0 aromatic heterocycles. The van der Waals surface area contributed by atoms with Gasteiger partial charge in [0.25, 0.3) is 0 Å². The average molecular weight is 307 g/mol. The Morgan fingerprint density at radius 2 is 1.52 bits per heavy atom. The molecule has 0 amide bonds. The van der Waals surface area contributed by atoms with Crippen LogP contribution in [0, 0.1) is 0 Å². The molecule has 0 bridgehead atoms. The van der Waals surface area contributed by atoms with Gasteiger partial charge in [-0.1, -0.05) is 60.7 Å². The van der Waals surface area contributed by atoms with Gasteiger partial charge in [0.15, 0.2) is 6.10 Å². The van der Waals surface area contributed by atoms with E-state index >= 15 is 0 Å². The second kappa shape index (κ2) is 6.17. The molecule has 23 heavy (non-hydrogen) atoms. The van der Waals surface area contributed by atoms with Crippen molar-refractivity contribution >= 4 is 5.97 Å². The van der Waals surface area contributed by atoms with E-state index in [1.54, 1.807) is 0 Å². The summed E-state index contributed by atoms with van der Waals surface area (Å²) >= 11 is 0. The molecule has 0 aliphatic carbocycles. The Morgan fingerprint density at radius 3 is 2.00 bits per heavy atom. The van der Waals surface area contributed by atoms with Crippen molar-refractivity contribution in [2.24, 2.45) is 0 Å². The molecule has 2 heterocycles. The number of esters is 1. The Kier molecular flexibility index (Phi) is 3.88. The van der Waals surface area contributed by atoms with Crippen LogP contribution in [0.1, 0.15) is 36.5 Å². The summed E-state index contributed by atoms with van der Waals surface area (Å²) in [7, 11) is 0. The fourth-order valence-electron chi connectivity index (χ4n) is 3.73. The van der Waals surface area contributed by atoms with Crippen molar-refractivity contribution in [3.63, 3.8) is 0 Å². The number of ether oxygens (including phenoxy) is 1. The minimum atomic E-state index is -0.328. The van der Waals surface area contributed by atoms with Crippen molar-refractivity contribution in [2.75, 3.05) is 6.54 Å². The Labute approximate surface area is 136 Å². The van der Waals surface area contributed by atoms with E-state index in [0.29, 0.717) is 6.04 Å². The summed E-state index contributed by atoms with van der Waals surface area (Å²) in [6.45, 7) is 1.03. The summed E-state index contributed by atoms with van der Waals surface area (Å²) in [6.07, 6.45) is 2.95. The number of carbonyl (C=O) groups is 1. The standard InChI is InChI=1S/C20H21NO2/c22-20(18-12-11-17-13-14-21(17)18)23-19(15-7-3-1-4-8-15)16-9-5-2-6-10-16/h1-10,17-19H,11-14H2. The highest BCUT2D eigenvalue weighted by molar-refractivity contribution is 5.77. The summed E-state index contributed by atoms with van der Waals surface area (Å²) in [5.74, 6) is -0.0788. The molecular weight excluding hydrogens is 286 g/mol. The number of hydrogen-bond acceptors (Lipinski definition) is 3.